The first-order valence-corrected chi connectivity index (χ1v) is 6.51. The van der Waals surface area contributed by atoms with Crippen LogP contribution in [0.1, 0.15) is 11.9 Å². The summed E-state index contributed by atoms with van der Waals surface area (Å²) >= 11 is 1.27. The molecule has 0 amide bonds. The van der Waals surface area contributed by atoms with Crippen LogP contribution in [0.4, 0.5) is 4.39 Å². The van der Waals surface area contributed by atoms with Crippen molar-refractivity contribution in [3.8, 4) is 10.4 Å². The van der Waals surface area contributed by atoms with Crippen LogP contribution in [0.3, 0.4) is 0 Å². The van der Waals surface area contributed by atoms with E-state index in [4.69, 9.17) is 9.47 Å². The van der Waals surface area contributed by atoms with Gasteiger partial charge in [-0.15, -0.1) is 11.3 Å². The molecule has 1 aliphatic heterocycles. The molecular formula is C13H12FNO2S. The maximum Gasteiger partial charge on any atom is 0.232 e. The molecule has 1 aromatic carbocycles. The first-order chi connectivity index (χ1) is 8.69. The molecular weight excluding hydrogens is 253 g/mol. The predicted molar refractivity (Wildman–Crippen MR) is 66.8 cm³/mol. The minimum atomic E-state index is -0.904. The van der Waals surface area contributed by atoms with Gasteiger partial charge in [0.2, 0.25) is 11.7 Å². The molecule has 0 saturated carbocycles. The lowest BCUT2D eigenvalue weighted by molar-refractivity contribution is -0.150. The quantitative estimate of drug-likeness (QED) is 0.835. The normalized spacial score (nSPS) is 18.1. The second-order valence-corrected chi connectivity index (χ2v) is 5.15. The average Bonchev–Trinajstić information content (AvgIpc) is 2.98. The fraction of sp³-hybridized carbons (Fsp3) is 0.308. The van der Waals surface area contributed by atoms with Crippen molar-refractivity contribution in [3.05, 3.63) is 41.3 Å². The van der Waals surface area contributed by atoms with Crippen LogP contribution < -0.4 is 0 Å². The summed E-state index contributed by atoms with van der Waals surface area (Å²) in [5, 5.41) is 0.524. The lowest BCUT2D eigenvalue weighted by Crippen LogP contribution is -2.22. The van der Waals surface area contributed by atoms with E-state index < -0.39 is 11.7 Å². The maximum atomic E-state index is 13.9. The zero-order valence-corrected chi connectivity index (χ0v) is 10.7. The van der Waals surface area contributed by atoms with E-state index in [-0.39, 0.29) is 0 Å². The van der Waals surface area contributed by atoms with E-state index >= 15 is 0 Å². The number of aromatic nitrogens is 1. The summed E-state index contributed by atoms with van der Waals surface area (Å²) in [5.74, 6) is -1.38. The molecule has 94 valence electrons. The molecule has 0 atom stereocenters. The first-order valence-electron chi connectivity index (χ1n) is 5.69. The fourth-order valence-corrected chi connectivity index (χ4v) is 2.91. The molecule has 1 fully saturated rings. The molecule has 0 radical (unpaired) electrons. The zero-order chi connectivity index (χ0) is 12.6. The van der Waals surface area contributed by atoms with Crippen LogP contribution in [0.15, 0.2) is 30.3 Å². The Balaban J connectivity index is 2.01. The summed E-state index contributed by atoms with van der Waals surface area (Å²) in [6.07, 6.45) is 0. The number of ether oxygens (including phenoxy) is 2. The van der Waals surface area contributed by atoms with Crippen LogP contribution in [-0.4, -0.2) is 18.2 Å². The van der Waals surface area contributed by atoms with E-state index in [1.54, 1.807) is 6.92 Å². The Bertz CT molecular complexity index is 549. The summed E-state index contributed by atoms with van der Waals surface area (Å²) in [7, 11) is 0. The number of hydrogen-bond donors (Lipinski definition) is 0. The Kier molecular flexibility index (Phi) is 2.89. The van der Waals surface area contributed by atoms with Gasteiger partial charge in [0.1, 0.15) is 0 Å². The van der Waals surface area contributed by atoms with Crippen molar-refractivity contribution in [2.75, 3.05) is 13.2 Å². The van der Waals surface area contributed by atoms with Crippen LogP contribution in [-0.2, 0) is 15.3 Å². The van der Waals surface area contributed by atoms with Crippen LogP contribution in [0.2, 0.25) is 0 Å². The molecule has 18 heavy (non-hydrogen) atoms. The van der Waals surface area contributed by atoms with Gasteiger partial charge in [-0.05, 0) is 12.5 Å². The number of hydrogen-bond acceptors (Lipinski definition) is 4. The highest BCUT2D eigenvalue weighted by Gasteiger charge is 2.37. The van der Waals surface area contributed by atoms with Crippen molar-refractivity contribution >= 4 is 11.3 Å². The second-order valence-electron chi connectivity index (χ2n) is 4.15. The number of benzene rings is 1. The Morgan fingerprint density at radius 2 is 1.89 bits per heavy atom. The lowest BCUT2D eigenvalue weighted by Gasteiger charge is -2.18. The standard InChI is InChI=1S/C13H12FNO2S/c1-13(16-7-8-17-13)12-15-11(14)10(18-12)9-5-3-2-4-6-9/h2-6H,7-8H2,1H3. The molecule has 2 aromatic rings. The number of thiazole rings is 1. The zero-order valence-electron chi connectivity index (χ0n) is 9.85. The Morgan fingerprint density at radius 3 is 2.56 bits per heavy atom. The van der Waals surface area contributed by atoms with Crippen molar-refractivity contribution in [1.82, 2.24) is 4.98 Å². The third kappa shape index (κ3) is 1.94. The Hall–Kier alpha value is -1.30. The Morgan fingerprint density at radius 1 is 1.22 bits per heavy atom. The molecule has 1 aliphatic rings. The van der Waals surface area contributed by atoms with Crippen molar-refractivity contribution < 1.29 is 13.9 Å². The van der Waals surface area contributed by atoms with Gasteiger partial charge in [-0.2, -0.15) is 4.39 Å². The highest BCUT2D eigenvalue weighted by atomic mass is 32.1. The van der Waals surface area contributed by atoms with Gasteiger partial charge in [0.05, 0.1) is 18.1 Å². The topological polar surface area (TPSA) is 31.4 Å². The minimum absolute atomic E-state index is 0.471. The number of nitrogens with zero attached hydrogens (tertiary/aromatic N) is 1. The van der Waals surface area contributed by atoms with E-state index in [1.165, 1.54) is 11.3 Å². The summed E-state index contributed by atoms with van der Waals surface area (Å²) in [5.41, 5.74) is 0.820. The fourth-order valence-electron chi connectivity index (χ4n) is 1.90. The van der Waals surface area contributed by atoms with Gasteiger partial charge in [-0.3, -0.25) is 0 Å². The van der Waals surface area contributed by atoms with E-state index in [0.29, 0.717) is 23.1 Å². The molecule has 0 aliphatic carbocycles. The largest absolute Gasteiger partial charge is 0.342 e. The molecule has 5 heteroatoms. The smallest absolute Gasteiger partial charge is 0.232 e. The average molecular weight is 265 g/mol. The summed E-state index contributed by atoms with van der Waals surface area (Å²) in [4.78, 5) is 4.46. The summed E-state index contributed by atoms with van der Waals surface area (Å²) in [6, 6.07) is 9.36. The predicted octanol–water partition coefficient (Wildman–Crippen LogP) is 3.17. The van der Waals surface area contributed by atoms with Crippen LogP contribution in [0.25, 0.3) is 10.4 Å². The molecule has 0 bridgehead atoms. The van der Waals surface area contributed by atoms with E-state index in [9.17, 15) is 4.39 Å². The number of halogens is 1. The molecule has 3 rings (SSSR count). The molecule has 1 aromatic heterocycles. The van der Waals surface area contributed by atoms with E-state index in [2.05, 4.69) is 4.98 Å². The van der Waals surface area contributed by atoms with Crippen molar-refractivity contribution in [2.45, 2.75) is 12.7 Å². The third-order valence-electron chi connectivity index (χ3n) is 2.85. The monoisotopic (exact) mass is 265 g/mol. The molecule has 3 nitrogen and oxygen atoms in total. The molecule has 0 N–H and O–H groups in total. The van der Waals surface area contributed by atoms with Crippen LogP contribution in [0.5, 0.6) is 0 Å². The molecule has 0 spiro atoms. The maximum absolute atomic E-state index is 13.9. The van der Waals surface area contributed by atoms with Gasteiger partial charge in [0, 0.05) is 0 Å². The highest BCUT2D eigenvalue weighted by molar-refractivity contribution is 7.15. The van der Waals surface area contributed by atoms with Gasteiger partial charge in [-0.25, -0.2) is 4.98 Å². The van der Waals surface area contributed by atoms with Crippen molar-refractivity contribution in [2.24, 2.45) is 0 Å². The van der Waals surface area contributed by atoms with Gasteiger partial charge >= 0.3 is 0 Å². The van der Waals surface area contributed by atoms with E-state index in [0.717, 1.165) is 5.56 Å². The van der Waals surface area contributed by atoms with Gasteiger partial charge in [0.25, 0.3) is 0 Å². The van der Waals surface area contributed by atoms with Crippen LogP contribution in [0, 0.1) is 5.95 Å². The van der Waals surface area contributed by atoms with Gasteiger partial charge in [-0.1, -0.05) is 30.3 Å². The molecule has 2 heterocycles. The second kappa shape index (κ2) is 4.42. The summed E-state index contributed by atoms with van der Waals surface area (Å²) < 4.78 is 24.9. The minimum Gasteiger partial charge on any atom is -0.342 e. The lowest BCUT2D eigenvalue weighted by atomic mass is 10.2. The van der Waals surface area contributed by atoms with Crippen molar-refractivity contribution in [1.29, 1.82) is 0 Å². The SMILES string of the molecule is CC1(c2nc(F)c(-c3ccccc3)s2)OCCO1. The van der Waals surface area contributed by atoms with Gasteiger partial charge < -0.3 is 9.47 Å². The summed E-state index contributed by atoms with van der Waals surface area (Å²) in [6.45, 7) is 2.80. The highest BCUT2D eigenvalue weighted by Crippen LogP contribution is 2.38. The third-order valence-corrected chi connectivity index (χ3v) is 4.11. The van der Waals surface area contributed by atoms with Crippen LogP contribution >= 0.6 is 11.3 Å². The molecule has 1 saturated heterocycles. The Labute approximate surface area is 108 Å². The van der Waals surface area contributed by atoms with Crippen molar-refractivity contribution in [3.63, 3.8) is 0 Å². The number of rotatable bonds is 2. The van der Waals surface area contributed by atoms with Gasteiger partial charge in [0.15, 0.2) is 5.01 Å². The first kappa shape index (κ1) is 11.8. The van der Waals surface area contributed by atoms with E-state index in [1.807, 2.05) is 30.3 Å². The molecule has 0 unspecified atom stereocenters.